The van der Waals surface area contributed by atoms with Crippen LogP contribution in [0.4, 0.5) is 0 Å². The summed E-state index contributed by atoms with van der Waals surface area (Å²) in [5, 5.41) is 11.7. The highest BCUT2D eigenvalue weighted by Crippen LogP contribution is 2.34. The van der Waals surface area contributed by atoms with Gasteiger partial charge in [-0.15, -0.1) is 5.10 Å². The zero-order chi connectivity index (χ0) is 20.9. The van der Waals surface area contributed by atoms with Gasteiger partial charge in [0, 0.05) is 6.20 Å². The summed E-state index contributed by atoms with van der Waals surface area (Å²) in [6.07, 6.45) is 12.4. The summed E-state index contributed by atoms with van der Waals surface area (Å²) in [6.45, 7) is 4.94. The number of imidazole rings is 1. The van der Waals surface area contributed by atoms with Crippen LogP contribution in [-0.2, 0) is 15.9 Å². The fourth-order valence-corrected chi connectivity index (χ4v) is 4.71. The van der Waals surface area contributed by atoms with Crippen LogP contribution >= 0.6 is 0 Å². The van der Waals surface area contributed by atoms with Crippen LogP contribution < -0.4 is 5.32 Å². The van der Waals surface area contributed by atoms with Gasteiger partial charge in [0.05, 0.1) is 37.5 Å². The van der Waals surface area contributed by atoms with E-state index in [4.69, 9.17) is 9.47 Å². The zero-order valence-corrected chi connectivity index (χ0v) is 17.8. The van der Waals surface area contributed by atoms with E-state index in [2.05, 4.69) is 25.6 Å². The van der Waals surface area contributed by atoms with E-state index in [0.29, 0.717) is 18.9 Å². The highest BCUT2D eigenvalue weighted by Gasteiger charge is 2.49. The lowest BCUT2D eigenvalue weighted by Gasteiger charge is -2.20. The van der Waals surface area contributed by atoms with E-state index in [1.165, 1.54) is 44.6 Å². The second-order valence-corrected chi connectivity index (χ2v) is 8.11. The number of ether oxygens (including phenoxy) is 2. The predicted octanol–water partition coefficient (Wildman–Crippen LogP) is 2.29. The number of hydrogen-bond acceptors (Lipinski definition) is 6. The summed E-state index contributed by atoms with van der Waals surface area (Å²) in [5.74, 6) is 0.533. The van der Waals surface area contributed by atoms with Crippen LogP contribution in [0.1, 0.15) is 68.2 Å². The highest BCUT2D eigenvalue weighted by atomic mass is 16.6. The number of hydrogen-bond donors (Lipinski definition) is 2. The van der Waals surface area contributed by atoms with Gasteiger partial charge in [0.15, 0.2) is 0 Å². The van der Waals surface area contributed by atoms with Gasteiger partial charge in [-0.25, -0.2) is 9.67 Å². The van der Waals surface area contributed by atoms with Gasteiger partial charge >= 0.3 is 0 Å². The van der Waals surface area contributed by atoms with Crippen molar-refractivity contribution in [3.8, 4) is 0 Å². The molecule has 2 aliphatic heterocycles. The number of amides is 1. The van der Waals surface area contributed by atoms with E-state index in [0.717, 1.165) is 18.0 Å². The van der Waals surface area contributed by atoms with Crippen molar-refractivity contribution in [1.82, 2.24) is 30.3 Å². The van der Waals surface area contributed by atoms with Crippen molar-refractivity contribution in [2.24, 2.45) is 5.92 Å². The summed E-state index contributed by atoms with van der Waals surface area (Å²) in [6, 6.07) is -0.192. The number of nitrogens with zero attached hydrogens (tertiary/aromatic N) is 4. The molecular formula is C21H32N6O3. The normalized spacial score (nSPS) is 28.6. The van der Waals surface area contributed by atoms with Gasteiger partial charge in [0.1, 0.15) is 23.9 Å². The number of nitrogens with one attached hydrogen (secondary N) is 2. The number of rotatable bonds is 5. The molecule has 30 heavy (non-hydrogen) atoms. The minimum absolute atomic E-state index is 0.00772. The molecule has 0 radical (unpaired) electrons. The quantitative estimate of drug-likeness (QED) is 0.774. The molecule has 3 fully saturated rings. The Labute approximate surface area is 176 Å². The Morgan fingerprint density at radius 3 is 2.77 bits per heavy atom. The molecule has 2 aromatic rings. The topological polar surface area (TPSA) is 107 Å². The number of carbonyl (C=O) groups is 1. The molecule has 5 rings (SSSR count). The summed E-state index contributed by atoms with van der Waals surface area (Å²) in [4.78, 5) is 19.0. The van der Waals surface area contributed by atoms with Gasteiger partial charge in [-0.05, 0) is 12.3 Å². The molecule has 2 aromatic heterocycles. The Bertz CT molecular complexity index is 802. The Kier molecular flexibility index (Phi) is 6.79. The SMILES string of the molecule is CC.O=C(NC1COC2C1OCC2n1cc(CC2CCCCC2)nn1)c1cnc[nH]1. The summed E-state index contributed by atoms with van der Waals surface area (Å²) < 4.78 is 13.9. The minimum Gasteiger partial charge on any atom is -0.371 e. The molecule has 2 N–H and O–H groups in total. The van der Waals surface area contributed by atoms with Gasteiger partial charge in [0.2, 0.25) is 0 Å². The number of aromatic amines is 1. The van der Waals surface area contributed by atoms with E-state index < -0.39 is 0 Å². The monoisotopic (exact) mass is 416 g/mol. The van der Waals surface area contributed by atoms with Gasteiger partial charge in [0.25, 0.3) is 5.91 Å². The first-order chi connectivity index (χ1) is 14.8. The molecular weight excluding hydrogens is 384 g/mol. The maximum absolute atomic E-state index is 12.3. The maximum Gasteiger partial charge on any atom is 0.269 e. The van der Waals surface area contributed by atoms with Crippen LogP contribution in [-0.4, -0.2) is 62.3 Å². The molecule has 1 aliphatic carbocycles. The average Bonchev–Trinajstić information content (AvgIpc) is 3.56. The van der Waals surface area contributed by atoms with Crippen molar-refractivity contribution in [2.75, 3.05) is 13.2 Å². The smallest absolute Gasteiger partial charge is 0.269 e. The van der Waals surface area contributed by atoms with Crippen LogP contribution in [0.25, 0.3) is 0 Å². The lowest BCUT2D eigenvalue weighted by Crippen LogP contribution is -2.44. The van der Waals surface area contributed by atoms with Crippen LogP contribution in [0.3, 0.4) is 0 Å². The first-order valence-electron chi connectivity index (χ1n) is 11.2. The zero-order valence-electron chi connectivity index (χ0n) is 17.8. The van der Waals surface area contributed by atoms with E-state index in [-0.39, 0.29) is 30.2 Å². The number of aromatic nitrogens is 5. The molecule has 164 valence electrons. The van der Waals surface area contributed by atoms with E-state index >= 15 is 0 Å². The molecule has 9 heteroatoms. The number of fused-ring (bicyclic) bond motifs is 1. The Balaban J connectivity index is 0.00000106. The lowest BCUT2D eigenvalue weighted by atomic mass is 9.86. The van der Waals surface area contributed by atoms with E-state index in [9.17, 15) is 4.79 Å². The molecule has 1 saturated carbocycles. The Hall–Kier alpha value is -2.26. The molecule has 4 atom stereocenters. The van der Waals surface area contributed by atoms with Gasteiger partial charge < -0.3 is 19.8 Å². The van der Waals surface area contributed by atoms with Crippen molar-refractivity contribution in [1.29, 1.82) is 0 Å². The number of carbonyl (C=O) groups excluding carboxylic acids is 1. The van der Waals surface area contributed by atoms with Gasteiger partial charge in [-0.1, -0.05) is 51.2 Å². The van der Waals surface area contributed by atoms with Crippen LogP contribution in [0.5, 0.6) is 0 Å². The maximum atomic E-state index is 12.3. The summed E-state index contributed by atoms with van der Waals surface area (Å²) >= 11 is 0. The molecule has 4 unspecified atom stereocenters. The molecule has 0 bridgehead atoms. The third-order valence-corrected chi connectivity index (χ3v) is 6.21. The van der Waals surface area contributed by atoms with Crippen molar-refractivity contribution in [3.05, 3.63) is 30.1 Å². The molecule has 9 nitrogen and oxygen atoms in total. The standard InChI is InChI=1S/C19H26N6O3.C2H6/c26-19(14-7-20-11-21-14)22-15-9-27-18-16(10-28-17(15)18)25-8-13(23-24-25)6-12-4-2-1-3-5-12;1-2/h7-8,11-12,15-18H,1-6,9-10H2,(H,20,21)(H,22,26);1-2H3. The second kappa shape index (κ2) is 9.70. The van der Waals surface area contributed by atoms with E-state index in [1.54, 1.807) is 0 Å². The van der Waals surface area contributed by atoms with E-state index in [1.807, 2.05) is 24.7 Å². The lowest BCUT2D eigenvalue weighted by molar-refractivity contribution is 0.0613. The third kappa shape index (κ3) is 4.41. The molecule has 3 aliphatic rings. The highest BCUT2D eigenvalue weighted by molar-refractivity contribution is 5.92. The average molecular weight is 417 g/mol. The second-order valence-electron chi connectivity index (χ2n) is 8.11. The first-order valence-corrected chi connectivity index (χ1v) is 11.2. The molecule has 1 amide bonds. The summed E-state index contributed by atoms with van der Waals surface area (Å²) in [7, 11) is 0. The van der Waals surface area contributed by atoms with Crippen molar-refractivity contribution in [3.63, 3.8) is 0 Å². The molecule has 2 saturated heterocycles. The van der Waals surface area contributed by atoms with Crippen LogP contribution in [0.15, 0.2) is 18.7 Å². The Morgan fingerprint density at radius 1 is 1.20 bits per heavy atom. The fourth-order valence-electron chi connectivity index (χ4n) is 4.71. The molecule has 4 heterocycles. The predicted molar refractivity (Wildman–Crippen MR) is 110 cm³/mol. The molecule has 0 spiro atoms. The van der Waals surface area contributed by atoms with Crippen LogP contribution in [0.2, 0.25) is 0 Å². The van der Waals surface area contributed by atoms with Crippen molar-refractivity contribution >= 4 is 5.91 Å². The largest absolute Gasteiger partial charge is 0.371 e. The van der Waals surface area contributed by atoms with Crippen LogP contribution in [0, 0.1) is 5.92 Å². The number of H-pyrrole nitrogens is 1. The van der Waals surface area contributed by atoms with Crippen molar-refractivity contribution < 1.29 is 14.3 Å². The fraction of sp³-hybridized carbons (Fsp3) is 0.714. The third-order valence-electron chi connectivity index (χ3n) is 6.21. The van der Waals surface area contributed by atoms with Gasteiger partial charge in [-0.2, -0.15) is 0 Å². The van der Waals surface area contributed by atoms with Gasteiger partial charge in [-0.3, -0.25) is 4.79 Å². The molecule has 0 aromatic carbocycles. The first kappa shape index (κ1) is 21.0. The minimum atomic E-state index is -0.200. The summed E-state index contributed by atoms with van der Waals surface area (Å²) in [5.41, 5.74) is 1.49. The Morgan fingerprint density at radius 2 is 2.00 bits per heavy atom. The van der Waals surface area contributed by atoms with Crippen molar-refractivity contribution in [2.45, 2.75) is 76.7 Å².